The molecule has 0 spiro atoms. The number of nitrogens with zero attached hydrogens (tertiary/aromatic N) is 3. The number of carbonyl (C=O) groups excluding carboxylic acids is 1. The molecule has 0 radical (unpaired) electrons. The maximum Gasteiger partial charge on any atom is 0.338 e. The van der Waals surface area contributed by atoms with E-state index in [1.807, 2.05) is 35.2 Å². The fourth-order valence-corrected chi connectivity index (χ4v) is 4.04. The van der Waals surface area contributed by atoms with E-state index in [1.165, 1.54) is 17.4 Å². The third-order valence-electron chi connectivity index (χ3n) is 4.78. The van der Waals surface area contributed by atoms with Crippen LogP contribution in [0.1, 0.15) is 28.9 Å². The summed E-state index contributed by atoms with van der Waals surface area (Å²) in [6, 6.07) is 14.1. The van der Waals surface area contributed by atoms with Gasteiger partial charge in [0.2, 0.25) is 0 Å². The lowest BCUT2D eigenvalue weighted by Gasteiger charge is -2.17. The normalized spacial score (nSPS) is 13.3. The molecule has 1 N–H and O–H groups in total. The van der Waals surface area contributed by atoms with Gasteiger partial charge in [-0.05, 0) is 37.1 Å². The van der Waals surface area contributed by atoms with Gasteiger partial charge in [0.25, 0.3) is 5.69 Å². The molecule has 0 aliphatic carbocycles. The van der Waals surface area contributed by atoms with Crippen LogP contribution in [-0.4, -0.2) is 29.0 Å². The van der Waals surface area contributed by atoms with E-state index in [1.54, 1.807) is 17.5 Å². The van der Waals surface area contributed by atoms with Crippen LogP contribution < -0.4 is 10.2 Å². The van der Waals surface area contributed by atoms with Crippen LogP contribution in [0, 0.1) is 10.1 Å². The number of benzene rings is 2. The van der Waals surface area contributed by atoms with Crippen molar-refractivity contribution in [1.82, 2.24) is 4.98 Å². The van der Waals surface area contributed by atoms with Crippen molar-refractivity contribution in [2.45, 2.75) is 19.4 Å². The molecule has 1 saturated heterocycles. The van der Waals surface area contributed by atoms with Crippen LogP contribution in [0.4, 0.5) is 22.2 Å². The number of nitro benzene ring substituents is 1. The van der Waals surface area contributed by atoms with Gasteiger partial charge in [-0.1, -0.05) is 18.2 Å². The van der Waals surface area contributed by atoms with Crippen LogP contribution in [0.5, 0.6) is 0 Å². The zero-order valence-electron chi connectivity index (χ0n) is 16.1. The summed E-state index contributed by atoms with van der Waals surface area (Å²) in [6.45, 7) is 1.56. The van der Waals surface area contributed by atoms with Gasteiger partial charge < -0.3 is 15.0 Å². The predicted molar refractivity (Wildman–Crippen MR) is 116 cm³/mol. The lowest BCUT2D eigenvalue weighted by molar-refractivity contribution is -0.384. The molecule has 0 atom stereocenters. The summed E-state index contributed by atoms with van der Waals surface area (Å²) in [5.41, 5.74) is 2.15. The number of esters is 1. The van der Waals surface area contributed by atoms with Crippen molar-refractivity contribution in [2.24, 2.45) is 0 Å². The number of hydrogen-bond acceptors (Lipinski definition) is 8. The molecule has 1 aliphatic heterocycles. The summed E-state index contributed by atoms with van der Waals surface area (Å²) in [7, 11) is 0. The van der Waals surface area contributed by atoms with Gasteiger partial charge >= 0.3 is 5.97 Å². The van der Waals surface area contributed by atoms with Crippen molar-refractivity contribution < 1.29 is 14.5 Å². The lowest BCUT2D eigenvalue weighted by atomic mass is 10.1. The lowest BCUT2D eigenvalue weighted by Crippen LogP contribution is -2.19. The number of nitro groups is 1. The predicted octanol–water partition coefficient (Wildman–Crippen LogP) is 4.75. The maximum atomic E-state index is 12.4. The van der Waals surface area contributed by atoms with Crippen LogP contribution in [-0.2, 0) is 11.3 Å². The molecular formula is C21H20N4O4S. The fraction of sp³-hybridized carbons (Fsp3) is 0.238. The number of thiazole rings is 1. The first-order chi connectivity index (χ1) is 14.6. The monoisotopic (exact) mass is 424 g/mol. The van der Waals surface area contributed by atoms with E-state index in [9.17, 15) is 14.9 Å². The summed E-state index contributed by atoms with van der Waals surface area (Å²) in [5.74, 6) is -0.614. The van der Waals surface area contributed by atoms with E-state index in [4.69, 9.17) is 4.74 Å². The molecule has 9 heteroatoms. The van der Waals surface area contributed by atoms with Crippen molar-refractivity contribution >= 4 is 39.5 Å². The molecular weight excluding hydrogens is 404 g/mol. The molecule has 0 saturated carbocycles. The van der Waals surface area contributed by atoms with E-state index in [2.05, 4.69) is 10.3 Å². The van der Waals surface area contributed by atoms with Crippen LogP contribution >= 0.6 is 11.3 Å². The third kappa shape index (κ3) is 4.57. The molecule has 4 rings (SSSR count). The van der Waals surface area contributed by atoms with Gasteiger partial charge in [0.1, 0.15) is 12.3 Å². The zero-order valence-corrected chi connectivity index (χ0v) is 16.9. The van der Waals surface area contributed by atoms with E-state index in [0.29, 0.717) is 16.5 Å². The van der Waals surface area contributed by atoms with Gasteiger partial charge in [-0.3, -0.25) is 10.1 Å². The Kier molecular flexibility index (Phi) is 5.89. The molecule has 1 aliphatic rings. The average molecular weight is 424 g/mol. The fourth-order valence-electron chi connectivity index (χ4n) is 3.32. The van der Waals surface area contributed by atoms with Crippen LogP contribution in [0.15, 0.2) is 53.9 Å². The second kappa shape index (κ2) is 8.91. The maximum absolute atomic E-state index is 12.4. The Balaban J connectivity index is 1.40. The molecule has 0 unspecified atom stereocenters. The second-order valence-corrected chi connectivity index (χ2v) is 7.72. The topological polar surface area (TPSA) is 97.6 Å². The minimum atomic E-state index is -0.614. The summed E-state index contributed by atoms with van der Waals surface area (Å²) in [6.07, 6.45) is 2.02. The first-order valence-corrected chi connectivity index (χ1v) is 10.4. The first-order valence-electron chi connectivity index (χ1n) is 9.57. The highest BCUT2D eigenvalue weighted by Gasteiger charge is 2.24. The van der Waals surface area contributed by atoms with Crippen molar-refractivity contribution in [3.05, 3.63) is 75.3 Å². The van der Waals surface area contributed by atoms with E-state index >= 15 is 0 Å². The highest BCUT2D eigenvalue weighted by molar-refractivity contribution is 7.13. The number of hydrogen-bond donors (Lipinski definition) is 1. The summed E-state index contributed by atoms with van der Waals surface area (Å²) in [4.78, 5) is 29.8. The number of ether oxygens (including phenoxy) is 1. The van der Waals surface area contributed by atoms with Crippen LogP contribution in [0.2, 0.25) is 0 Å². The Hall–Kier alpha value is -3.46. The minimum absolute atomic E-state index is 0.00647. The summed E-state index contributed by atoms with van der Waals surface area (Å²) in [5, 5.41) is 17.2. The van der Waals surface area contributed by atoms with Gasteiger partial charge in [0.05, 0.1) is 16.2 Å². The second-order valence-electron chi connectivity index (χ2n) is 6.87. The highest BCUT2D eigenvalue weighted by atomic mass is 32.1. The third-order valence-corrected chi connectivity index (χ3v) is 5.59. The number of nitrogens with one attached hydrogen (secondary N) is 1. The Bertz CT molecular complexity index is 1050. The molecule has 3 aromatic rings. The van der Waals surface area contributed by atoms with Crippen LogP contribution in [0.3, 0.4) is 0 Å². The molecule has 2 aromatic carbocycles. The molecule has 30 heavy (non-hydrogen) atoms. The molecule has 154 valence electrons. The number of rotatable bonds is 7. The summed E-state index contributed by atoms with van der Waals surface area (Å²) < 4.78 is 5.32. The Morgan fingerprint density at radius 2 is 1.97 bits per heavy atom. The molecule has 1 aromatic heterocycles. The quantitative estimate of drug-likeness (QED) is 0.332. The Labute approximate surface area is 177 Å². The van der Waals surface area contributed by atoms with Gasteiger partial charge in [-0.15, -0.1) is 11.3 Å². The van der Waals surface area contributed by atoms with Gasteiger partial charge in [0.15, 0.2) is 5.13 Å². The molecule has 1 fully saturated rings. The van der Waals surface area contributed by atoms with E-state index in [-0.39, 0.29) is 17.9 Å². The number of aromatic nitrogens is 1. The first kappa shape index (κ1) is 19.8. The standard InChI is InChI=1S/C21H20N4O4S/c26-20(15-8-9-18(19(12-15)25(27)28)24-10-4-5-11-24)29-13-17-14-30-21(23-17)22-16-6-2-1-3-7-16/h1-3,6-9,12,14H,4-5,10-11,13H2,(H,22,23). The van der Waals surface area contributed by atoms with Crippen molar-refractivity contribution in [3.8, 4) is 0 Å². The molecule has 8 nitrogen and oxygen atoms in total. The highest BCUT2D eigenvalue weighted by Crippen LogP contribution is 2.32. The molecule has 0 amide bonds. The molecule has 0 bridgehead atoms. The van der Waals surface area contributed by atoms with Crippen molar-refractivity contribution in [2.75, 3.05) is 23.3 Å². The van der Waals surface area contributed by atoms with Crippen molar-refractivity contribution in [3.63, 3.8) is 0 Å². The van der Waals surface area contributed by atoms with Gasteiger partial charge in [0, 0.05) is 30.2 Å². The Morgan fingerprint density at radius 3 is 2.70 bits per heavy atom. The average Bonchev–Trinajstić information content (AvgIpc) is 3.44. The van der Waals surface area contributed by atoms with Crippen molar-refractivity contribution in [1.29, 1.82) is 0 Å². The zero-order chi connectivity index (χ0) is 20.9. The minimum Gasteiger partial charge on any atom is -0.456 e. The summed E-state index contributed by atoms with van der Waals surface area (Å²) >= 11 is 1.41. The number of anilines is 3. The number of carbonyl (C=O) groups is 1. The SMILES string of the molecule is O=C(OCc1csc(Nc2ccccc2)n1)c1ccc(N2CCCC2)c([N+](=O)[O-])c1. The largest absolute Gasteiger partial charge is 0.456 e. The van der Waals surface area contributed by atoms with E-state index in [0.717, 1.165) is 31.6 Å². The van der Waals surface area contributed by atoms with Gasteiger partial charge in [-0.2, -0.15) is 0 Å². The van der Waals surface area contributed by atoms with E-state index < -0.39 is 10.9 Å². The smallest absolute Gasteiger partial charge is 0.338 e. The van der Waals surface area contributed by atoms with Gasteiger partial charge in [-0.25, -0.2) is 9.78 Å². The Morgan fingerprint density at radius 1 is 1.20 bits per heavy atom. The van der Waals surface area contributed by atoms with Crippen LogP contribution in [0.25, 0.3) is 0 Å². The molecule has 2 heterocycles. The number of para-hydroxylation sites is 1.